The highest BCUT2D eigenvalue weighted by Gasteiger charge is 2.22. The molecule has 0 saturated heterocycles. The molecule has 0 spiro atoms. The molecule has 1 aliphatic rings. The van der Waals surface area contributed by atoms with Crippen LogP contribution in [0.4, 0.5) is 11.4 Å². The van der Waals surface area contributed by atoms with Gasteiger partial charge >= 0.3 is 0 Å². The van der Waals surface area contributed by atoms with Crippen LogP contribution in [0.3, 0.4) is 0 Å². The SMILES string of the molecule is O=C(NCc1cccc(NC(=O)C2CCCC2)c1)c1ccccc1[N+](=O)[O-]. The van der Waals surface area contributed by atoms with Gasteiger partial charge < -0.3 is 10.6 Å². The average Bonchev–Trinajstić information content (AvgIpc) is 3.21. The summed E-state index contributed by atoms with van der Waals surface area (Å²) in [4.78, 5) is 35.0. The Morgan fingerprint density at radius 2 is 1.81 bits per heavy atom. The lowest BCUT2D eigenvalue weighted by atomic mass is 10.1. The number of amides is 2. The first-order valence-corrected chi connectivity index (χ1v) is 8.96. The zero-order valence-electron chi connectivity index (χ0n) is 14.8. The monoisotopic (exact) mass is 367 g/mol. The van der Waals surface area contributed by atoms with Crippen molar-refractivity contribution < 1.29 is 14.5 Å². The summed E-state index contributed by atoms with van der Waals surface area (Å²) in [5, 5.41) is 16.7. The predicted octanol–water partition coefficient (Wildman–Crippen LogP) is 3.65. The van der Waals surface area contributed by atoms with Crippen LogP contribution in [-0.4, -0.2) is 16.7 Å². The molecule has 1 saturated carbocycles. The summed E-state index contributed by atoms with van der Waals surface area (Å²) in [6.45, 7) is 0.206. The van der Waals surface area contributed by atoms with Gasteiger partial charge in [0, 0.05) is 24.2 Å². The second kappa shape index (κ2) is 8.44. The molecular formula is C20H21N3O4. The molecule has 0 unspecified atom stereocenters. The topological polar surface area (TPSA) is 101 Å². The Balaban J connectivity index is 1.62. The number of nitrogens with zero attached hydrogens (tertiary/aromatic N) is 1. The van der Waals surface area contributed by atoms with Crippen molar-refractivity contribution in [1.82, 2.24) is 5.32 Å². The lowest BCUT2D eigenvalue weighted by molar-refractivity contribution is -0.385. The molecule has 3 rings (SSSR count). The van der Waals surface area contributed by atoms with Gasteiger partial charge in [-0.25, -0.2) is 0 Å². The summed E-state index contributed by atoms with van der Waals surface area (Å²) in [7, 11) is 0. The third kappa shape index (κ3) is 4.69. The van der Waals surface area contributed by atoms with Crippen LogP contribution in [0.15, 0.2) is 48.5 Å². The van der Waals surface area contributed by atoms with E-state index in [0.717, 1.165) is 31.2 Å². The van der Waals surface area contributed by atoms with Crippen LogP contribution in [0, 0.1) is 16.0 Å². The first-order chi connectivity index (χ1) is 13.0. The second-order valence-electron chi connectivity index (χ2n) is 6.63. The predicted molar refractivity (Wildman–Crippen MR) is 101 cm³/mol. The van der Waals surface area contributed by atoms with Crippen LogP contribution >= 0.6 is 0 Å². The Morgan fingerprint density at radius 1 is 1.07 bits per heavy atom. The third-order valence-electron chi connectivity index (χ3n) is 4.72. The van der Waals surface area contributed by atoms with Crippen molar-refractivity contribution in [3.63, 3.8) is 0 Å². The summed E-state index contributed by atoms with van der Waals surface area (Å²) in [6.07, 6.45) is 4.04. The highest BCUT2D eigenvalue weighted by Crippen LogP contribution is 2.26. The molecule has 27 heavy (non-hydrogen) atoms. The number of nitro benzene ring substituents is 1. The standard InChI is InChI=1S/C20H21N3O4/c24-19(15-7-1-2-8-15)22-16-9-5-6-14(12-16)13-21-20(25)17-10-3-4-11-18(17)23(26)27/h3-6,9-12,15H,1-2,7-8,13H2,(H,21,25)(H,22,24). The Kier molecular flexibility index (Phi) is 5.80. The molecular weight excluding hydrogens is 346 g/mol. The fourth-order valence-corrected chi connectivity index (χ4v) is 3.29. The maximum absolute atomic E-state index is 12.3. The zero-order chi connectivity index (χ0) is 19.2. The van der Waals surface area contributed by atoms with Crippen molar-refractivity contribution in [2.75, 3.05) is 5.32 Å². The van der Waals surface area contributed by atoms with Gasteiger partial charge in [-0.2, -0.15) is 0 Å². The molecule has 7 heteroatoms. The Hall–Kier alpha value is -3.22. The molecule has 0 aliphatic heterocycles. The van der Waals surface area contributed by atoms with E-state index in [1.54, 1.807) is 24.3 Å². The van der Waals surface area contributed by atoms with Crippen molar-refractivity contribution in [1.29, 1.82) is 0 Å². The molecule has 2 aromatic rings. The number of anilines is 1. The molecule has 140 valence electrons. The normalized spacial score (nSPS) is 13.9. The van der Waals surface area contributed by atoms with E-state index in [1.165, 1.54) is 18.2 Å². The minimum atomic E-state index is -0.575. The van der Waals surface area contributed by atoms with E-state index in [4.69, 9.17) is 0 Å². The number of nitrogens with one attached hydrogen (secondary N) is 2. The quantitative estimate of drug-likeness (QED) is 0.601. The molecule has 0 aromatic heterocycles. The van der Waals surface area contributed by atoms with Crippen molar-refractivity contribution in [2.45, 2.75) is 32.2 Å². The number of rotatable bonds is 6. The highest BCUT2D eigenvalue weighted by molar-refractivity contribution is 5.98. The fraction of sp³-hybridized carbons (Fsp3) is 0.300. The van der Waals surface area contributed by atoms with Gasteiger partial charge in [-0.1, -0.05) is 37.1 Å². The summed E-state index contributed by atoms with van der Waals surface area (Å²) >= 11 is 0. The molecule has 0 radical (unpaired) electrons. The van der Waals surface area contributed by atoms with Gasteiger partial charge in [-0.3, -0.25) is 19.7 Å². The van der Waals surface area contributed by atoms with E-state index >= 15 is 0 Å². The molecule has 2 aromatic carbocycles. The minimum absolute atomic E-state index is 0.0215. The van der Waals surface area contributed by atoms with E-state index < -0.39 is 10.8 Å². The fourth-order valence-electron chi connectivity index (χ4n) is 3.29. The smallest absolute Gasteiger partial charge is 0.282 e. The van der Waals surface area contributed by atoms with E-state index in [2.05, 4.69) is 10.6 Å². The Labute approximate surface area is 156 Å². The number of para-hydroxylation sites is 1. The molecule has 2 N–H and O–H groups in total. The van der Waals surface area contributed by atoms with Gasteiger partial charge in [0.25, 0.3) is 11.6 Å². The van der Waals surface area contributed by atoms with E-state index in [0.29, 0.717) is 5.69 Å². The maximum atomic E-state index is 12.3. The molecule has 7 nitrogen and oxygen atoms in total. The first kappa shape index (κ1) is 18.6. The largest absolute Gasteiger partial charge is 0.348 e. The number of benzene rings is 2. The number of carbonyl (C=O) groups excluding carboxylic acids is 2. The van der Waals surface area contributed by atoms with Crippen LogP contribution in [0.25, 0.3) is 0 Å². The van der Waals surface area contributed by atoms with Crippen LogP contribution in [0.2, 0.25) is 0 Å². The molecule has 1 fully saturated rings. The van der Waals surface area contributed by atoms with Gasteiger partial charge in [-0.05, 0) is 36.6 Å². The lowest BCUT2D eigenvalue weighted by Gasteiger charge is -2.12. The van der Waals surface area contributed by atoms with Crippen molar-refractivity contribution >= 4 is 23.2 Å². The molecule has 2 amide bonds. The molecule has 0 bridgehead atoms. The van der Waals surface area contributed by atoms with Gasteiger partial charge in [0.15, 0.2) is 0 Å². The number of hydrogen-bond acceptors (Lipinski definition) is 4. The summed E-state index contributed by atoms with van der Waals surface area (Å²) in [5.41, 5.74) is 1.27. The van der Waals surface area contributed by atoms with E-state index in [9.17, 15) is 19.7 Å². The highest BCUT2D eigenvalue weighted by atomic mass is 16.6. The zero-order valence-corrected chi connectivity index (χ0v) is 14.8. The van der Waals surface area contributed by atoms with Gasteiger partial charge in [0.1, 0.15) is 5.56 Å². The number of carbonyl (C=O) groups is 2. The van der Waals surface area contributed by atoms with Gasteiger partial charge in [0.2, 0.25) is 5.91 Å². The van der Waals surface area contributed by atoms with Gasteiger partial charge in [-0.15, -0.1) is 0 Å². The molecule has 0 heterocycles. The summed E-state index contributed by atoms with van der Waals surface area (Å²) in [6, 6.07) is 13.1. The van der Waals surface area contributed by atoms with Crippen molar-refractivity contribution in [2.24, 2.45) is 5.92 Å². The van der Waals surface area contributed by atoms with E-state index in [-0.39, 0.29) is 29.6 Å². The van der Waals surface area contributed by atoms with Crippen molar-refractivity contribution in [3.05, 3.63) is 69.8 Å². The lowest BCUT2D eigenvalue weighted by Crippen LogP contribution is -2.24. The third-order valence-corrected chi connectivity index (χ3v) is 4.72. The van der Waals surface area contributed by atoms with Crippen LogP contribution in [0.5, 0.6) is 0 Å². The number of hydrogen-bond donors (Lipinski definition) is 2. The van der Waals surface area contributed by atoms with Crippen LogP contribution in [-0.2, 0) is 11.3 Å². The Morgan fingerprint density at radius 3 is 2.56 bits per heavy atom. The van der Waals surface area contributed by atoms with Crippen molar-refractivity contribution in [3.8, 4) is 0 Å². The number of nitro groups is 1. The maximum Gasteiger partial charge on any atom is 0.282 e. The van der Waals surface area contributed by atoms with Gasteiger partial charge in [0.05, 0.1) is 4.92 Å². The molecule has 1 aliphatic carbocycles. The van der Waals surface area contributed by atoms with Crippen LogP contribution in [0.1, 0.15) is 41.6 Å². The Bertz CT molecular complexity index is 860. The minimum Gasteiger partial charge on any atom is -0.348 e. The summed E-state index contributed by atoms with van der Waals surface area (Å²) < 4.78 is 0. The average molecular weight is 367 g/mol. The second-order valence-corrected chi connectivity index (χ2v) is 6.63. The first-order valence-electron chi connectivity index (χ1n) is 8.96. The van der Waals surface area contributed by atoms with Crippen LogP contribution < -0.4 is 10.6 Å². The summed E-state index contributed by atoms with van der Waals surface area (Å²) in [5.74, 6) is -0.400. The molecule has 0 atom stereocenters. The van der Waals surface area contributed by atoms with E-state index in [1.807, 2.05) is 6.07 Å².